The molecule has 5 aliphatic carbocycles. The summed E-state index contributed by atoms with van der Waals surface area (Å²) in [6, 6.07) is 0. The van der Waals surface area contributed by atoms with Crippen LogP contribution in [0.4, 0.5) is 0 Å². The standard InChI is InChI=1S/C41H66N2O4/c1-6-42(18-11-19-43-17-10-12-28(4)24-43)25-36-32(30-13-8-7-9-14-30)21-37(47-36)40-23-33-29(5)15-16-34(33)39(26-44)22-31(40)20-35(27(2)3)41(39,40)38(45)46/h20,26-34,36-37H,6-19,21-25H2,1-5H3,(H,45,46)/t28?,29-,31?,32?,33-,34-,36?,37?,39?,40?,41+/m1/s1. The van der Waals surface area contributed by atoms with Crippen molar-refractivity contribution in [2.45, 2.75) is 130 Å². The largest absolute Gasteiger partial charge is 0.481 e. The molecule has 6 nitrogen and oxygen atoms in total. The molecule has 0 spiro atoms. The van der Waals surface area contributed by atoms with Gasteiger partial charge < -0.3 is 24.4 Å². The minimum Gasteiger partial charge on any atom is -0.481 e. The van der Waals surface area contributed by atoms with Crippen LogP contribution in [0.15, 0.2) is 11.6 Å². The summed E-state index contributed by atoms with van der Waals surface area (Å²) in [5.41, 5.74) is -1.43. The lowest BCUT2D eigenvalue weighted by atomic mass is 9.41. The second-order valence-electron chi connectivity index (χ2n) is 18.1. The number of carbonyl (C=O) groups is 2. The zero-order valence-electron chi connectivity index (χ0n) is 30.4. The zero-order chi connectivity index (χ0) is 33.1. The van der Waals surface area contributed by atoms with E-state index in [9.17, 15) is 14.7 Å². The Bertz CT molecular complexity index is 1200. The fourth-order valence-corrected chi connectivity index (χ4v) is 13.8. The molecule has 0 amide bonds. The molecule has 7 aliphatic rings. The molecule has 7 unspecified atom stereocenters. The topological polar surface area (TPSA) is 70.1 Å². The van der Waals surface area contributed by atoms with E-state index in [4.69, 9.17) is 4.74 Å². The number of fused-ring (bicyclic) bond motifs is 2. The van der Waals surface area contributed by atoms with Crippen LogP contribution in [0.3, 0.4) is 0 Å². The Morgan fingerprint density at radius 2 is 1.87 bits per heavy atom. The van der Waals surface area contributed by atoms with Gasteiger partial charge in [0.2, 0.25) is 0 Å². The molecule has 4 saturated carbocycles. The summed E-state index contributed by atoms with van der Waals surface area (Å²) in [6.07, 6.45) is 18.7. The highest BCUT2D eigenvalue weighted by molar-refractivity contribution is 5.90. The van der Waals surface area contributed by atoms with E-state index in [0.717, 1.165) is 56.8 Å². The Balaban J connectivity index is 1.20. The molecule has 0 radical (unpaired) electrons. The summed E-state index contributed by atoms with van der Waals surface area (Å²) < 4.78 is 7.52. The van der Waals surface area contributed by atoms with E-state index < -0.39 is 22.2 Å². The monoisotopic (exact) mass is 651 g/mol. The van der Waals surface area contributed by atoms with Crippen LogP contribution in [0.5, 0.6) is 0 Å². The second kappa shape index (κ2) is 13.1. The number of nitrogens with zero attached hydrogens (tertiary/aromatic N) is 2. The number of aldehydes is 1. The van der Waals surface area contributed by atoms with Gasteiger partial charge in [0, 0.05) is 18.5 Å². The summed E-state index contributed by atoms with van der Waals surface area (Å²) in [7, 11) is 0. The van der Waals surface area contributed by atoms with Crippen LogP contribution in [-0.2, 0) is 14.3 Å². The zero-order valence-corrected chi connectivity index (χ0v) is 30.4. The lowest BCUT2D eigenvalue weighted by Crippen LogP contribution is -2.65. The summed E-state index contributed by atoms with van der Waals surface area (Å²) in [6.45, 7) is 18.2. The van der Waals surface area contributed by atoms with Gasteiger partial charge in [-0.05, 0) is 118 Å². The highest BCUT2D eigenvalue weighted by atomic mass is 16.5. The number of hydrogen-bond acceptors (Lipinski definition) is 5. The van der Waals surface area contributed by atoms with Crippen molar-refractivity contribution >= 4 is 12.3 Å². The minimum atomic E-state index is -1.14. The average molecular weight is 651 g/mol. The van der Waals surface area contributed by atoms with E-state index in [1.165, 1.54) is 77.3 Å². The number of allylic oxidation sites excluding steroid dienone is 1. The smallest absolute Gasteiger partial charge is 0.315 e. The molecule has 0 aromatic heterocycles. The molecule has 1 N–H and O–H groups in total. The summed E-state index contributed by atoms with van der Waals surface area (Å²) >= 11 is 0. The molecule has 7 rings (SSSR count). The number of carboxylic acid groups (broad SMARTS) is 1. The van der Waals surface area contributed by atoms with Crippen LogP contribution in [0, 0.1) is 63.6 Å². The Hall–Kier alpha value is -1.24. The van der Waals surface area contributed by atoms with Gasteiger partial charge in [0.1, 0.15) is 11.7 Å². The maximum atomic E-state index is 14.2. The SMILES string of the molecule is CCN(CCCN1CCCC(C)C1)CC1OC(C23C[C@@H]4[C@H](C)CC[C@H]4C4(C=O)CC2C=C(C(C)C)[C@@]34C(=O)O)CC1C1CCCCC1. The van der Waals surface area contributed by atoms with Gasteiger partial charge in [0.05, 0.1) is 17.6 Å². The summed E-state index contributed by atoms with van der Waals surface area (Å²) in [4.78, 5) is 33.2. The van der Waals surface area contributed by atoms with E-state index in [1.54, 1.807) is 0 Å². The van der Waals surface area contributed by atoms with Crippen LogP contribution in [0.2, 0.25) is 0 Å². The van der Waals surface area contributed by atoms with Crippen LogP contribution in [0.1, 0.15) is 118 Å². The van der Waals surface area contributed by atoms with E-state index in [0.29, 0.717) is 30.1 Å². The van der Waals surface area contributed by atoms with E-state index in [1.807, 2.05) is 0 Å². The van der Waals surface area contributed by atoms with Gasteiger partial charge in [-0.2, -0.15) is 0 Å². The Morgan fingerprint density at radius 3 is 2.55 bits per heavy atom. The number of carboxylic acids is 1. The molecule has 0 aromatic carbocycles. The predicted molar refractivity (Wildman–Crippen MR) is 187 cm³/mol. The molecular weight excluding hydrogens is 584 g/mol. The normalized spacial score (nSPS) is 45.1. The molecule has 4 bridgehead atoms. The van der Waals surface area contributed by atoms with Crippen LogP contribution >= 0.6 is 0 Å². The number of carbonyl (C=O) groups excluding carboxylic acids is 1. The van der Waals surface area contributed by atoms with Crippen molar-refractivity contribution in [3.8, 4) is 0 Å². The maximum Gasteiger partial charge on any atom is 0.315 e. The summed E-state index contributed by atoms with van der Waals surface area (Å²) in [5, 5.41) is 11.6. The summed E-state index contributed by atoms with van der Waals surface area (Å²) in [5.74, 6) is 2.58. The molecule has 2 aliphatic heterocycles. The fourth-order valence-electron chi connectivity index (χ4n) is 13.8. The van der Waals surface area contributed by atoms with Gasteiger partial charge in [-0.15, -0.1) is 0 Å². The molecule has 47 heavy (non-hydrogen) atoms. The average Bonchev–Trinajstić information content (AvgIpc) is 3.78. The van der Waals surface area contributed by atoms with Gasteiger partial charge in [0.15, 0.2) is 0 Å². The van der Waals surface area contributed by atoms with Crippen LogP contribution in [0.25, 0.3) is 0 Å². The number of piperidine rings is 1. The molecule has 264 valence electrons. The second-order valence-corrected chi connectivity index (χ2v) is 18.1. The van der Waals surface area contributed by atoms with Crippen molar-refractivity contribution in [1.82, 2.24) is 9.80 Å². The van der Waals surface area contributed by atoms with Crippen molar-refractivity contribution < 1.29 is 19.4 Å². The maximum absolute atomic E-state index is 14.2. The van der Waals surface area contributed by atoms with Gasteiger partial charge in [-0.25, -0.2) is 0 Å². The van der Waals surface area contributed by atoms with Crippen molar-refractivity contribution in [3.05, 3.63) is 11.6 Å². The molecule has 2 saturated heterocycles. The van der Waals surface area contributed by atoms with Gasteiger partial charge in [0.25, 0.3) is 0 Å². The molecular formula is C41H66N2O4. The number of aliphatic carboxylic acids is 1. The lowest BCUT2D eigenvalue weighted by Gasteiger charge is -2.60. The molecule has 6 heteroatoms. The van der Waals surface area contributed by atoms with E-state index in [2.05, 4.69) is 50.5 Å². The minimum absolute atomic E-state index is 0.0999. The quantitative estimate of drug-likeness (QED) is 0.172. The Labute approximate surface area is 285 Å². The molecule has 2 heterocycles. The third-order valence-corrected chi connectivity index (χ3v) is 15.7. The Kier molecular flexibility index (Phi) is 9.57. The number of rotatable bonds is 12. The van der Waals surface area contributed by atoms with Gasteiger partial charge in [-0.1, -0.05) is 84.8 Å². The lowest BCUT2D eigenvalue weighted by molar-refractivity contribution is -0.197. The molecule has 11 atom stereocenters. The van der Waals surface area contributed by atoms with Gasteiger partial charge in [-0.3, -0.25) is 4.79 Å². The Morgan fingerprint density at radius 1 is 1.09 bits per heavy atom. The first-order valence-corrected chi connectivity index (χ1v) is 20.1. The highest BCUT2D eigenvalue weighted by Gasteiger charge is 2.86. The number of likely N-dealkylation sites (tertiary alicyclic amines) is 1. The van der Waals surface area contributed by atoms with Crippen LogP contribution in [-0.4, -0.2) is 78.6 Å². The van der Waals surface area contributed by atoms with E-state index in [-0.39, 0.29) is 30.0 Å². The van der Waals surface area contributed by atoms with Crippen molar-refractivity contribution in [3.63, 3.8) is 0 Å². The van der Waals surface area contributed by atoms with Crippen molar-refractivity contribution in [1.29, 1.82) is 0 Å². The first kappa shape index (κ1) is 34.2. The van der Waals surface area contributed by atoms with Gasteiger partial charge >= 0.3 is 5.97 Å². The third kappa shape index (κ3) is 5.09. The van der Waals surface area contributed by atoms with Crippen molar-refractivity contribution in [2.24, 2.45) is 63.6 Å². The number of hydrogen-bond donors (Lipinski definition) is 1. The third-order valence-electron chi connectivity index (χ3n) is 15.7. The molecule has 6 fully saturated rings. The first-order chi connectivity index (χ1) is 22.6. The predicted octanol–water partition coefficient (Wildman–Crippen LogP) is 7.71. The van der Waals surface area contributed by atoms with Crippen LogP contribution < -0.4 is 0 Å². The fraction of sp³-hybridized carbons (Fsp3) is 0.902. The highest BCUT2D eigenvalue weighted by Crippen LogP contribution is 2.84. The number of likely N-dealkylation sites (N-methyl/N-ethyl adjacent to an activating group) is 1. The van der Waals surface area contributed by atoms with Crippen molar-refractivity contribution in [2.75, 3.05) is 39.3 Å². The van der Waals surface area contributed by atoms with E-state index >= 15 is 0 Å². The molecule has 0 aromatic rings. The number of ether oxygens (including phenoxy) is 1. The first-order valence-electron chi connectivity index (χ1n) is 20.1.